The smallest absolute Gasteiger partial charge is 0.194 e. The molecule has 2 saturated heterocycles. The molecular formula is C17H28IN5OS. The van der Waals surface area contributed by atoms with E-state index >= 15 is 0 Å². The number of aliphatic imine (C=N–C) groups is 1. The number of thioether (sulfide) groups is 1. The van der Waals surface area contributed by atoms with Crippen LogP contribution in [-0.4, -0.2) is 77.3 Å². The average molecular weight is 477 g/mol. The van der Waals surface area contributed by atoms with Gasteiger partial charge >= 0.3 is 0 Å². The summed E-state index contributed by atoms with van der Waals surface area (Å²) >= 11 is 1.81. The molecule has 3 rings (SSSR count). The highest BCUT2D eigenvalue weighted by Crippen LogP contribution is 2.28. The van der Waals surface area contributed by atoms with E-state index in [1.54, 1.807) is 0 Å². The maximum absolute atomic E-state index is 10.5. The van der Waals surface area contributed by atoms with Crippen molar-refractivity contribution in [3.8, 4) is 0 Å². The SMILES string of the molecule is CCNC(=NCC1(O)CCSC1)N1CCN(c2ccccn2)CC1.I. The number of halogens is 1. The maximum Gasteiger partial charge on any atom is 0.194 e. The number of hydrogen-bond donors (Lipinski definition) is 2. The van der Waals surface area contributed by atoms with Gasteiger partial charge in [-0.2, -0.15) is 11.8 Å². The van der Waals surface area contributed by atoms with Crippen molar-refractivity contribution < 1.29 is 5.11 Å². The number of nitrogens with zero attached hydrogens (tertiary/aromatic N) is 4. The summed E-state index contributed by atoms with van der Waals surface area (Å²) in [6, 6.07) is 6.03. The van der Waals surface area contributed by atoms with Gasteiger partial charge in [-0.3, -0.25) is 4.99 Å². The molecule has 0 spiro atoms. The fourth-order valence-corrected chi connectivity index (χ4v) is 4.34. The van der Waals surface area contributed by atoms with Crippen molar-refractivity contribution in [2.75, 3.05) is 55.7 Å². The van der Waals surface area contributed by atoms with Crippen LogP contribution in [0.15, 0.2) is 29.4 Å². The Morgan fingerprint density at radius 2 is 2.16 bits per heavy atom. The molecule has 0 radical (unpaired) electrons. The third kappa shape index (κ3) is 5.62. The molecule has 3 heterocycles. The number of anilines is 1. The first-order chi connectivity index (χ1) is 11.7. The van der Waals surface area contributed by atoms with Crippen LogP contribution in [0.4, 0.5) is 5.82 Å². The number of guanidine groups is 1. The zero-order chi connectivity index (χ0) is 16.8. The number of aromatic nitrogens is 1. The standard InChI is InChI=1S/C17H27N5OS.HI/c1-2-18-16(20-13-17(23)6-12-24-14-17)22-10-8-21(9-11-22)15-5-3-4-7-19-15;/h3-5,7,23H,2,6,8-14H2,1H3,(H,18,20);1H. The average Bonchev–Trinajstić information content (AvgIpc) is 3.06. The van der Waals surface area contributed by atoms with Crippen LogP contribution < -0.4 is 10.2 Å². The summed E-state index contributed by atoms with van der Waals surface area (Å²) in [5.74, 6) is 3.79. The largest absolute Gasteiger partial charge is 0.387 e. The van der Waals surface area contributed by atoms with Crippen molar-refractivity contribution in [2.24, 2.45) is 4.99 Å². The first-order valence-electron chi connectivity index (χ1n) is 8.69. The highest BCUT2D eigenvalue weighted by Gasteiger charge is 2.32. The second-order valence-electron chi connectivity index (χ2n) is 6.36. The Morgan fingerprint density at radius 3 is 2.76 bits per heavy atom. The summed E-state index contributed by atoms with van der Waals surface area (Å²) in [5, 5.41) is 13.9. The lowest BCUT2D eigenvalue weighted by molar-refractivity contribution is 0.0775. The molecule has 8 heteroatoms. The Hall–Kier alpha value is -0.740. The highest BCUT2D eigenvalue weighted by molar-refractivity contribution is 14.0. The van der Waals surface area contributed by atoms with Gasteiger partial charge in [-0.1, -0.05) is 6.07 Å². The van der Waals surface area contributed by atoms with Gasteiger partial charge in [-0.25, -0.2) is 4.98 Å². The first kappa shape index (κ1) is 20.6. The monoisotopic (exact) mass is 477 g/mol. The van der Waals surface area contributed by atoms with Crippen molar-refractivity contribution in [1.82, 2.24) is 15.2 Å². The van der Waals surface area contributed by atoms with Gasteiger partial charge in [0.2, 0.25) is 0 Å². The van der Waals surface area contributed by atoms with E-state index in [4.69, 9.17) is 4.99 Å². The topological polar surface area (TPSA) is 64.0 Å². The van der Waals surface area contributed by atoms with Crippen LogP contribution in [0.2, 0.25) is 0 Å². The summed E-state index contributed by atoms with van der Waals surface area (Å²) < 4.78 is 0. The van der Waals surface area contributed by atoms with E-state index in [9.17, 15) is 5.11 Å². The second-order valence-corrected chi connectivity index (χ2v) is 7.46. The molecule has 1 aromatic heterocycles. The Bertz CT molecular complexity index is 545. The van der Waals surface area contributed by atoms with Gasteiger partial charge in [0.05, 0.1) is 12.1 Å². The van der Waals surface area contributed by atoms with E-state index in [1.807, 2.05) is 30.1 Å². The third-order valence-electron chi connectivity index (χ3n) is 4.49. The number of piperazine rings is 1. The Morgan fingerprint density at radius 1 is 1.36 bits per heavy atom. The van der Waals surface area contributed by atoms with Crippen LogP contribution in [0.1, 0.15) is 13.3 Å². The lowest BCUT2D eigenvalue weighted by atomic mass is 10.0. The molecule has 25 heavy (non-hydrogen) atoms. The lowest BCUT2D eigenvalue weighted by Gasteiger charge is -2.37. The number of hydrogen-bond acceptors (Lipinski definition) is 5. The molecule has 0 bridgehead atoms. The molecule has 0 aromatic carbocycles. The van der Waals surface area contributed by atoms with Crippen molar-refractivity contribution >= 4 is 47.5 Å². The fraction of sp³-hybridized carbons (Fsp3) is 0.647. The van der Waals surface area contributed by atoms with E-state index in [1.165, 1.54) is 0 Å². The number of pyridine rings is 1. The lowest BCUT2D eigenvalue weighted by Crippen LogP contribution is -2.53. The van der Waals surface area contributed by atoms with Gasteiger partial charge in [0.1, 0.15) is 5.82 Å². The minimum absolute atomic E-state index is 0. The molecule has 1 atom stereocenters. The quantitative estimate of drug-likeness (QED) is 0.391. The molecule has 1 aromatic rings. The summed E-state index contributed by atoms with van der Waals surface area (Å²) in [6.45, 7) is 7.10. The van der Waals surface area contributed by atoms with Crippen molar-refractivity contribution in [1.29, 1.82) is 0 Å². The van der Waals surface area contributed by atoms with Crippen LogP contribution in [0.3, 0.4) is 0 Å². The summed E-state index contributed by atoms with van der Waals surface area (Å²) in [6.07, 6.45) is 2.68. The van der Waals surface area contributed by atoms with E-state index in [-0.39, 0.29) is 24.0 Å². The second kappa shape index (κ2) is 9.82. The third-order valence-corrected chi connectivity index (χ3v) is 5.73. The maximum atomic E-state index is 10.5. The van der Waals surface area contributed by atoms with Crippen LogP contribution >= 0.6 is 35.7 Å². The van der Waals surface area contributed by atoms with Crippen molar-refractivity contribution in [2.45, 2.75) is 18.9 Å². The van der Waals surface area contributed by atoms with Gasteiger partial charge in [0.25, 0.3) is 0 Å². The van der Waals surface area contributed by atoms with Crippen LogP contribution in [0.25, 0.3) is 0 Å². The van der Waals surface area contributed by atoms with E-state index in [2.05, 4.69) is 33.1 Å². The van der Waals surface area contributed by atoms with Crippen molar-refractivity contribution in [3.05, 3.63) is 24.4 Å². The van der Waals surface area contributed by atoms with Gasteiger partial charge in [-0.15, -0.1) is 24.0 Å². The molecule has 2 fully saturated rings. The number of nitrogens with one attached hydrogen (secondary N) is 1. The zero-order valence-electron chi connectivity index (χ0n) is 14.7. The van der Waals surface area contributed by atoms with Crippen LogP contribution in [-0.2, 0) is 0 Å². The Kier molecular flexibility index (Phi) is 8.08. The predicted octanol–water partition coefficient (Wildman–Crippen LogP) is 1.66. The number of rotatable bonds is 4. The Balaban J connectivity index is 0.00000225. The zero-order valence-corrected chi connectivity index (χ0v) is 17.9. The molecule has 1 unspecified atom stereocenters. The van der Waals surface area contributed by atoms with E-state index in [0.717, 1.165) is 62.4 Å². The van der Waals surface area contributed by atoms with E-state index in [0.29, 0.717) is 6.54 Å². The minimum Gasteiger partial charge on any atom is -0.387 e. The molecule has 2 aliphatic heterocycles. The van der Waals surface area contributed by atoms with E-state index < -0.39 is 5.60 Å². The van der Waals surface area contributed by atoms with Gasteiger partial charge < -0.3 is 20.2 Å². The highest BCUT2D eigenvalue weighted by atomic mass is 127. The number of aliphatic hydroxyl groups is 1. The molecule has 140 valence electrons. The van der Waals surface area contributed by atoms with Gasteiger partial charge in [0.15, 0.2) is 5.96 Å². The molecule has 2 N–H and O–H groups in total. The fourth-order valence-electron chi connectivity index (χ4n) is 3.06. The Labute approximate surface area is 171 Å². The molecule has 0 aliphatic carbocycles. The summed E-state index contributed by atoms with van der Waals surface area (Å²) in [5.41, 5.74) is -0.624. The minimum atomic E-state index is -0.624. The van der Waals surface area contributed by atoms with Crippen LogP contribution in [0, 0.1) is 0 Å². The molecule has 0 saturated carbocycles. The molecule has 6 nitrogen and oxygen atoms in total. The molecule has 2 aliphatic rings. The normalized spacial score (nSPS) is 24.2. The molecule has 0 amide bonds. The summed E-state index contributed by atoms with van der Waals surface area (Å²) in [4.78, 5) is 13.7. The summed E-state index contributed by atoms with van der Waals surface area (Å²) in [7, 11) is 0. The van der Waals surface area contributed by atoms with Crippen molar-refractivity contribution in [3.63, 3.8) is 0 Å². The van der Waals surface area contributed by atoms with Gasteiger partial charge in [0, 0.05) is 44.7 Å². The molecular weight excluding hydrogens is 449 g/mol. The van der Waals surface area contributed by atoms with Gasteiger partial charge in [-0.05, 0) is 31.2 Å². The first-order valence-corrected chi connectivity index (χ1v) is 9.85. The predicted molar refractivity (Wildman–Crippen MR) is 116 cm³/mol. The van der Waals surface area contributed by atoms with Crippen LogP contribution in [0.5, 0.6) is 0 Å².